The first kappa shape index (κ1) is 18.8. The quantitative estimate of drug-likeness (QED) is 0.641. The molecule has 1 aliphatic rings. The van der Waals surface area contributed by atoms with E-state index in [1.807, 2.05) is 20.0 Å². The third-order valence-electron chi connectivity index (χ3n) is 4.67. The lowest BCUT2D eigenvalue weighted by molar-refractivity contribution is 0.553. The van der Waals surface area contributed by atoms with Crippen molar-refractivity contribution in [2.45, 2.75) is 85.5 Å². The molecule has 0 saturated carbocycles. The summed E-state index contributed by atoms with van der Waals surface area (Å²) in [4.78, 5) is 8.15. The van der Waals surface area contributed by atoms with Crippen molar-refractivity contribution in [2.75, 3.05) is 0 Å². The molecule has 2 aromatic rings. The van der Waals surface area contributed by atoms with E-state index in [0.29, 0.717) is 0 Å². The largest absolute Gasteiger partial charge is 0.342 e. The van der Waals surface area contributed by atoms with E-state index in [1.165, 1.54) is 41.6 Å². The van der Waals surface area contributed by atoms with Gasteiger partial charge in [0, 0.05) is 12.4 Å². The van der Waals surface area contributed by atoms with E-state index in [4.69, 9.17) is 0 Å². The maximum Gasteiger partial charge on any atom is 0.111 e. The van der Waals surface area contributed by atoms with Crippen molar-refractivity contribution in [2.24, 2.45) is 0 Å². The molecule has 2 nitrogen and oxygen atoms in total. The molecule has 0 radical (unpaired) electrons. The van der Waals surface area contributed by atoms with Gasteiger partial charge in [-0.05, 0) is 41.4 Å². The first-order valence-electron chi connectivity index (χ1n) is 9.39. The molecule has 24 heavy (non-hydrogen) atoms. The summed E-state index contributed by atoms with van der Waals surface area (Å²) in [7, 11) is 0. The lowest BCUT2D eigenvalue weighted by Gasteiger charge is -2.24. The van der Waals surface area contributed by atoms with Crippen molar-refractivity contribution in [3.8, 4) is 11.3 Å². The molecule has 0 saturated heterocycles. The number of benzene rings is 1. The number of nitrogens with zero attached hydrogens (tertiary/aromatic N) is 1. The summed E-state index contributed by atoms with van der Waals surface area (Å²) in [6, 6.07) is 4.63. The highest BCUT2D eigenvalue weighted by molar-refractivity contribution is 5.68. The minimum Gasteiger partial charge on any atom is -0.342 e. The Hall–Kier alpha value is -1.57. The van der Waals surface area contributed by atoms with Crippen LogP contribution in [0.2, 0.25) is 0 Å². The molecule has 0 unspecified atom stereocenters. The molecule has 0 spiro atoms. The number of nitrogens with one attached hydrogen (secondary N) is 1. The highest BCUT2D eigenvalue weighted by atomic mass is 14.9. The van der Waals surface area contributed by atoms with Gasteiger partial charge in [-0.1, -0.05) is 67.5 Å². The van der Waals surface area contributed by atoms with Gasteiger partial charge in [-0.3, -0.25) is 0 Å². The Labute approximate surface area is 149 Å². The Morgan fingerprint density at radius 3 is 2.08 bits per heavy atom. The summed E-state index contributed by atoms with van der Waals surface area (Å²) in [6.07, 6.45) is 5.69. The number of rotatable bonds is 1. The molecular formula is C22H36N2. The molecule has 1 aliphatic carbocycles. The Morgan fingerprint density at radius 2 is 1.54 bits per heavy atom. The lowest BCUT2D eigenvalue weighted by Crippen LogP contribution is -2.14. The fraction of sp³-hybridized carbons (Fsp3) is 0.591. The van der Waals surface area contributed by atoms with Crippen LogP contribution in [0.5, 0.6) is 0 Å². The molecule has 0 bridgehead atoms. The maximum absolute atomic E-state index is 4.60. The number of hydrogen-bond donors (Lipinski definition) is 1. The van der Waals surface area contributed by atoms with Crippen LogP contribution < -0.4 is 0 Å². The zero-order chi connectivity index (χ0) is 18.1. The highest BCUT2D eigenvalue weighted by Crippen LogP contribution is 2.38. The number of hydrogen-bond acceptors (Lipinski definition) is 1. The average molecular weight is 329 g/mol. The second kappa shape index (κ2) is 6.74. The number of fused-ring (bicyclic) bond motifs is 1. The number of aromatic nitrogens is 2. The summed E-state index contributed by atoms with van der Waals surface area (Å²) in [5.74, 6) is 1.06. The van der Waals surface area contributed by atoms with Crippen LogP contribution in [0, 0.1) is 0 Å². The van der Waals surface area contributed by atoms with Crippen LogP contribution in [-0.4, -0.2) is 9.97 Å². The monoisotopic (exact) mass is 328 g/mol. The topological polar surface area (TPSA) is 28.7 Å². The molecular weight excluding hydrogens is 292 g/mol. The molecule has 0 fully saturated rings. The van der Waals surface area contributed by atoms with Crippen LogP contribution in [0.25, 0.3) is 11.3 Å². The number of aromatic amines is 1. The first-order valence-corrected chi connectivity index (χ1v) is 9.39. The van der Waals surface area contributed by atoms with Crippen molar-refractivity contribution in [3.63, 3.8) is 0 Å². The predicted molar refractivity (Wildman–Crippen MR) is 107 cm³/mol. The Morgan fingerprint density at radius 1 is 0.917 bits per heavy atom. The minimum atomic E-state index is 0. The third-order valence-corrected chi connectivity index (χ3v) is 4.67. The minimum absolute atomic E-state index is 0. The molecule has 1 aromatic heterocycles. The van der Waals surface area contributed by atoms with Gasteiger partial charge in [0.1, 0.15) is 5.82 Å². The number of H-pyrrole nitrogens is 1. The summed E-state index contributed by atoms with van der Waals surface area (Å²) in [5, 5.41) is 0. The van der Waals surface area contributed by atoms with Crippen LogP contribution in [0.4, 0.5) is 0 Å². The van der Waals surface area contributed by atoms with Crippen LogP contribution in [0.1, 0.15) is 85.8 Å². The smallest absolute Gasteiger partial charge is 0.111 e. The molecule has 2 heteroatoms. The lowest BCUT2D eigenvalue weighted by atomic mass is 9.81. The molecule has 1 heterocycles. The van der Waals surface area contributed by atoms with E-state index in [2.05, 4.69) is 63.6 Å². The third kappa shape index (κ3) is 3.58. The van der Waals surface area contributed by atoms with Gasteiger partial charge < -0.3 is 4.98 Å². The van der Waals surface area contributed by atoms with Crippen molar-refractivity contribution in [1.29, 1.82) is 0 Å². The summed E-state index contributed by atoms with van der Waals surface area (Å²) in [5.41, 5.74) is 7.43. The van der Waals surface area contributed by atoms with Gasteiger partial charge in [-0.25, -0.2) is 4.98 Å². The van der Waals surface area contributed by atoms with Crippen LogP contribution >= 0.6 is 0 Å². The van der Waals surface area contributed by atoms with Gasteiger partial charge in [0.05, 0.1) is 11.9 Å². The fourth-order valence-corrected chi connectivity index (χ4v) is 3.50. The Balaban J connectivity index is 0.00000101. The van der Waals surface area contributed by atoms with E-state index in [9.17, 15) is 0 Å². The molecule has 0 atom stereocenters. The molecule has 0 aliphatic heterocycles. The van der Waals surface area contributed by atoms with E-state index in [-0.39, 0.29) is 12.3 Å². The normalized spacial score (nSPS) is 14.2. The fourth-order valence-electron chi connectivity index (χ4n) is 3.50. The van der Waals surface area contributed by atoms with Gasteiger partial charge in [-0.15, -0.1) is 0 Å². The summed E-state index contributed by atoms with van der Waals surface area (Å²) in [6.45, 7) is 17.5. The molecule has 0 amide bonds. The van der Waals surface area contributed by atoms with Gasteiger partial charge in [-0.2, -0.15) is 0 Å². The van der Waals surface area contributed by atoms with Gasteiger partial charge >= 0.3 is 0 Å². The van der Waals surface area contributed by atoms with E-state index in [1.54, 1.807) is 5.56 Å². The van der Waals surface area contributed by atoms with Gasteiger partial charge in [0.2, 0.25) is 0 Å². The van der Waals surface area contributed by atoms with Gasteiger partial charge in [0.15, 0.2) is 0 Å². The van der Waals surface area contributed by atoms with E-state index in [0.717, 1.165) is 5.82 Å². The zero-order valence-corrected chi connectivity index (χ0v) is 16.8. The SMILES string of the molecule is CC.CC(C)(C)c1ncc(-c2ccc(C(C)(C)C)c3c2CCC3)[nH]1.[HH]. The Kier molecular flexibility index (Phi) is 5.27. The second-order valence-corrected chi connectivity index (χ2v) is 8.62. The van der Waals surface area contributed by atoms with Crippen molar-refractivity contribution >= 4 is 0 Å². The second-order valence-electron chi connectivity index (χ2n) is 8.62. The molecule has 1 N–H and O–H groups in total. The van der Waals surface area contributed by atoms with Crippen LogP contribution in [0.3, 0.4) is 0 Å². The van der Waals surface area contributed by atoms with E-state index < -0.39 is 0 Å². The van der Waals surface area contributed by atoms with Crippen molar-refractivity contribution in [3.05, 3.63) is 40.8 Å². The van der Waals surface area contributed by atoms with Crippen LogP contribution in [-0.2, 0) is 23.7 Å². The molecule has 134 valence electrons. The predicted octanol–water partition coefficient (Wildman–Crippen LogP) is 6.43. The van der Waals surface area contributed by atoms with Crippen molar-refractivity contribution < 1.29 is 1.43 Å². The molecule has 3 rings (SSSR count). The summed E-state index contributed by atoms with van der Waals surface area (Å²) >= 11 is 0. The average Bonchev–Trinajstić information content (AvgIpc) is 3.16. The zero-order valence-electron chi connectivity index (χ0n) is 16.8. The highest BCUT2D eigenvalue weighted by Gasteiger charge is 2.26. The van der Waals surface area contributed by atoms with Crippen LogP contribution in [0.15, 0.2) is 18.3 Å². The maximum atomic E-state index is 4.60. The standard InChI is InChI=1S/C20H28N2.C2H6.H2/c1-19(2,3)16-11-10-15(13-8-7-9-14(13)16)17-12-21-18(22-17)20(4,5)6;1-2;/h10-12H,7-9H2,1-6H3,(H,21,22);1-2H3;1H. The first-order chi connectivity index (χ1) is 11.2. The molecule has 1 aromatic carbocycles. The summed E-state index contributed by atoms with van der Waals surface area (Å²) < 4.78 is 0. The number of imidazole rings is 1. The van der Waals surface area contributed by atoms with Crippen molar-refractivity contribution in [1.82, 2.24) is 9.97 Å². The van der Waals surface area contributed by atoms with Gasteiger partial charge in [0.25, 0.3) is 0 Å². The van der Waals surface area contributed by atoms with E-state index >= 15 is 0 Å². The Bertz CT molecular complexity index is 700.